The van der Waals surface area contributed by atoms with E-state index in [-0.39, 0.29) is 0 Å². The third-order valence-corrected chi connectivity index (χ3v) is 1.79. The van der Waals surface area contributed by atoms with Gasteiger partial charge >= 0.3 is 13.1 Å². The Hall–Kier alpha value is -1.59. The average Bonchev–Trinajstić information content (AvgIpc) is 2.26. The summed E-state index contributed by atoms with van der Waals surface area (Å²) in [5, 5.41) is 17.2. The standard InChI is InChI=1S/C10H11BO4/c1-15-10(12)9-4-2-8(3-5-9)6-7-11(13)14/h2-7,13-14H,1H3/b7-6+. The third-order valence-electron chi connectivity index (χ3n) is 1.79. The van der Waals surface area contributed by atoms with Crippen molar-refractivity contribution in [2.75, 3.05) is 7.11 Å². The van der Waals surface area contributed by atoms with Crippen molar-refractivity contribution in [1.29, 1.82) is 0 Å². The van der Waals surface area contributed by atoms with E-state index in [0.29, 0.717) is 5.56 Å². The summed E-state index contributed by atoms with van der Waals surface area (Å²) in [4.78, 5) is 11.1. The van der Waals surface area contributed by atoms with Gasteiger partial charge in [-0.15, -0.1) is 0 Å². The molecule has 0 spiro atoms. The second kappa shape index (κ2) is 5.33. The molecule has 0 heterocycles. The van der Waals surface area contributed by atoms with E-state index < -0.39 is 13.1 Å². The van der Waals surface area contributed by atoms with Crippen LogP contribution < -0.4 is 0 Å². The van der Waals surface area contributed by atoms with E-state index in [1.807, 2.05) is 0 Å². The number of carbonyl (C=O) groups is 1. The predicted octanol–water partition coefficient (Wildman–Crippen LogP) is 0.498. The molecule has 2 N–H and O–H groups in total. The van der Waals surface area contributed by atoms with E-state index in [0.717, 1.165) is 5.56 Å². The number of rotatable bonds is 3. The van der Waals surface area contributed by atoms with E-state index in [4.69, 9.17) is 10.0 Å². The molecule has 0 aliphatic carbocycles. The summed E-state index contributed by atoms with van der Waals surface area (Å²) in [5.41, 5.74) is 1.23. The van der Waals surface area contributed by atoms with Crippen LogP contribution in [0.2, 0.25) is 0 Å². The molecule has 0 radical (unpaired) electrons. The zero-order valence-electron chi connectivity index (χ0n) is 8.25. The highest BCUT2D eigenvalue weighted by molar-refractivity contribution is 6.48. The van der Waals surface area contributed by atoms with Gasteiger partial charge in [0.25, 0.3) is 0 Å². The number of hydrogen-bond donors (Lipinski definition) is 2. The Bertz CT molecular complexity index is 356. The molecule has 0 saturated carbocycles. The lowest BCUT2D eigenvalue weighted by molar-refractivity contribution is 0.0600. The molecule has 1 aromatic carbocycles. The Morgan fingerprint density at radius 3 is 2.40 bits per heavy atom. The van der Waals surface area contributed by atoms with Gasteiger partial charge in [-0.05, 0) is 17.7 Å². The molecule has 0 aliphatic heterocycles. The highest BCUT2D eigenvalue weighted by Gasteiger charge is 2.03. The second-order valence-corrected chi connectivity index (χ2v) is 2.89. The maximum absolute atomic E-state index is 11.1. The second-order valence-electron chi connectivity index (χ2n) is 2.89. The summed E-state index contributed by atoms with van der Waals surface area (Å²) < 4.78 is 4.54. The fourth-order valence-electron chi connectivity index (χ4n) is 1.05. The van der Waals surface area contributed by atoms with Gasteiger partial charge < -0.3 is 14.8 Å². The smallest absolute Gasteiger partial charge is 0.465 e. The van der Waals surface area contributed by atoms with Gasteiger partial charge in [0.1, 0.15) is 0 Å². The fourth-order valence-corrected chi connectivity index (χ4v) is 1.05. The minimum absolute atomic E-state index is 0.396. The van der Waals surface area contributed by atoms with Gasteiger partial charge in [0.2, 0.25) is 0 Å². The van der Waals surface area contributed by atoms with Crippen molar-refractivity contribution in [2.24, 2.45) is 0 Å². The summed E-state index contributed by atoms with van der Waals surface area (Å²) in [6, 6.07) is 6.58. The first-order chi connectivity index (χ1) is 7.13. The van der Waals surface area contributed by atoms with Crippen LogP contribution in [-0.4, -0.2) is 30.2 Å². The zero-order valence-corrected chi connectivity index (χ0v) is 8.25. The van der Waals surface area contributed by atoms with Crippen LogP contribution in [0.3, 0.4) is 0 Å². The monoisotopic (exact) mass is 206 g/mol. The first-order valence-electron chi connectivity index (χ1n) is 4.36. The summed E-state index contributed by atoms with van der Waals surface area (Å²) in [5.74, 6) is 0.834. The van der Waals surface area contributed by atoms with E-state index in [2.05, 4.69) is 4.74 Å². The normalized spacial score (nSPS) is 10.3. The Labute approximate surface area is 88.0 Å². The molecule has 1 aromatic rings. The van der Waals surface area contributed by atoms with Crippen LogP contribution in [-0.2, 0) is 4.74 Å². The Morgan fingerprint density at radius 1 is 1.33 bits per heavy atom. The Balaban J connectivity index is 2.77. The molecule has 0 amide bonds. The van der Waals surface area contributed by atoms with E-state index in [1.165, 1.54) is 13.1 Å². The Morgan fingerprint density at radius 2 is 1.93 bits per heavy atom. The first-order valence-corrected chi connectivity index (χ1v) is 4.36. The number of carbonyl (C=O) groups excluding carboxylic acids is 1. The van der Waals surface area contributed by atoms with Crippen LogP contribution in [0.5, 0.6) is 0 Å². The van der Waals surface area contributed by atoms with Gasteiger partial charge in [0.15, 0.2) is 0 Å². The van der Waals surface area contributed by atoms with Crippen LogP contribution in [0, 0.1) is 0 Å². The summed E-state index contributed by atoms with van der Waals surface area (Å²) in [7, 11) is -0.150. The SMILES string of the molecule is COC(=O)c1ccc(/C=C/B(O)O)cc1. The highest BCUT2D eigenvalue weighted by atomic mass is 16.5. The molecule has 0 atom stereocenters. The molecule has 4 nitrogen and oxygen atoms in total. The lowest BCUT2D eigenvalue weighted by atomic mass is 9.91. The number of ether oxygens (including phenoxy) is 1. The molecule has 5 heteroatoms. The largest absolute Gasteiger partial charge is 0.480 e. The van der Waals surface area contributed by atoms with Crippen LogP contribution in [0.4, 0.5) is 0 Å². The minimum Gasteiger partial charge on any atom is -0.465 e. The van der Waals surface area contributed by atoms with Gasteiger partial charge in [-0.1, -0.05) is 24.2 Å². The van der Waals surface area contributed by atoms with Crippen molar-refractivity contribution in [1.82, 2.24) is 0 Å². The molecule has 78 valence electrons. The lowest BCUT2D eigenvalue weighted by Crippen LogP contribution is -2.05. The van der Waals surface area contributed by atoms with Gasteiger partial charge in [-0.25, -0.2) is 4.79 Å². The van der Waals surface area contributed by atoms with Crippen LogP contribution in [0.15, 0.2) is 30.2 Å². The van der Waals surface area contributed by atoms with Crippen LogP contribution in [0.1, 0.15) is 15.9 Å². The molecule has 0 saturated heterocycles. The van der Waals surface area contributed by atoms with E-state index in [1.54, 1.807) is 30.3 Å². The average molecular weight is 206 g/mol. The van der Waals surface area contributed by atoms with E-state index >= 15 is 0 Å². The topological polar surface area (TPSA) is 66.8 Å². The Kier molecular flexibility index (Phi) is 4.09. The third kappa shape index (κ3) is 3.57. The lowest BCUT2D eigenvalue weighted by Gasteiger charge is -1.99. The van der Waals surface area contributed by atoms with Gasteiger partial charge in [-0.3, -0.25) is 0 Å². The quantitative estimate of drug-likeness (QED) is 0.558. The number of benzene rings is 1. The van der Waals surface area contributed by atoms with Gasteiger partial charge in [-0.2, -0.15) is 0 Å². The van der Waals surface area contributed by atoms with Crippen molar-refractivity contribution in [3.8, 4) is 0 Å². The molecular formula is C10H11BO4. The van der Waals surface area contributed by atoms with Crippen LogP contribution in [0.25, 0.3) is 6.08 Å². The first kappa shape index (κ1) is 11.5. The minimum atomic E-state index is -1.47. The highest BCUT2D eigenvalue weighted by Crippen LogP contribution is 2.07. The van der Waals surface area contributed by atoms with Gasteiger partial charge in [0, 0.05) is 0 Å². The molecule has 0 unspecified atom stereocenters. The molecule has 15 heavy (non-hydrogen) atoms. The molecular weight excluding hydrogens is 195 g/mol. The summed E-state index contributed by atoms with van der Waals surface area (Å²) in [6.07, 6.45) is 1.55. The fraction of sp³-hybridized carbons (Fsp3) is 0.100. The van der Waals surface area contributed by atoms with Crippen molar-refractivity contribution in [2.45, 2.75) is 0 Å². The molecule has 0 fully saturated rings. The summed E-state index contributed by atoms with van der Waals surface area (Å²) in [6.45, 7) is 0. The van der Waals surface area contributed by atoms with Crippen molar-refractivity contribution in [3.63, 3.8) is 0 Å². The number of hydrogen-bond acceptors (Lipinski definition) is 4. The number of methoxy groups -OCH3 is 1. The summed E-state index contributed by atoms with van der Waals surface area (Å²) >= 11 is 0. The maximum atomic E-state index is 11.1. The predicted molar refractivity (Wildman–Crippen MR) is 57.0 cm³/mol. The van der Waals surface area contributed by atoms with Gasteiger partial charge in [0.05, 0.1) is 12.7 Å². The van der Waals surface area contributed by atoms with Crippen molar-refractivity contribution in [3.05, 3.63) is 41.4 Å². The van der Waals surface area contributed by atoms with Crippen molar-refractivity contribution < 1.29 is 19.6 Å². The maximum Gasteiger partial charge on any atom is 0.480 e. The molecule has 1 rings (SSSR count). The molecule has 0 aliphatic rings. The van der Waals surface area contributed by atoms with E-state index in [9.17, 15) is 4.79 Å². The zero-order chi connectivity index (χ0) is 11.3. The molecule has 0 aromatic heterocycles. The van der Waals surface area contributed by atoms with Crippen molar-refractivity contribution >= 4 is 19.2 Å². The molecule has 0 bridgehead atoms. The van der Waals surface area contributed by atoms with Crippen LogP contribution >= 0.6 is 0 Å². The number of esters is 1.